The number of hydrogen-bond acceptors (Lipinski definition) is 5. The van der Waals surface area contributed by atoms with Crippen LogP contribution in [0.4, 0.5) is 4.39 Å². The first-order chi connectivity index (χ1) is 17.0. The van der Waals surface area contributed by atoms with Gasteiger partial charge in [0, 0.05) is 34.3 Å². The highest BCUT2D eigenvalue weighted by atomic mass is 32.2. The summed E-state index contributed by atoms with van der Waals surface area (Å²) in [5, 5.41) is 0. The third-order valence-electron chi connectivity index (χ3n) is 5.39. The number of aromatic amines is 1. The summed E-state index contributed by atoms with van der Waals surface area (Å²) in [6.07, 6.45) is 3.89. The molecule has 2 aromatic heterocycles. The van der Waals surface area contributed by atoms with E-state index in [4.69, 9.17) is 9.05 Å². The fraction of sp³-hybridized carbons (Fsp3) is 0.222. The zero-order valence-corrected chi connectivity index (χ0v) is 21.5. The number of pyridine rings is 1. The molecule has 0 saturated heterocycles. The number of rotatable bonds is 11. The van der Waals surface area contributed by atoms with E-state index in [2.05, 4.69) is 40.3 Å². The summed E-state index contributed by atoms with van der Waals surface area (Å²) in [6.45, 7) is 4.38. The molecular formula is C27H28FN2O3PS. The molecule has 2 aromatic carbocycles. The zero-order valence-electron chi connectivity index (χ0n) is 19.7. The largest absolute Gasteiger partial charge is 0.354 e. The molecule has 2 heterocycles. The van der Waals surface area contributed by atoms with Crippen LogP contribution in [0.15, 0.2) is 84.0 Å². The van der Waals surface area contributed by atoms with Crippen LogP contribution in [0.2, 0.25) is 0 Å². The fourth-order valence-corrected chi connectivity index (χ4v) is 6.72. The summed E-state index contributed by atoms with van der Waals surface area (Å²) in [6, 6.07) is 20.7. The van der Waals surface area contributed by atoms with E-state index >= 15 is 0 Å². The van der Waals surface area contributed by atoms with Gasteiger partial charge in [-0.2, -0.15) is 0 Å². The van der Waals surface area contributed by atoms with Gasteiger partial charge >= 0.3 is 7.60 Å². The average molecular weight is 511 g/mol. The summed E-state index contributed by atoms with van der Waals surface area (Å²) in [4.78, 5) is 8.72. The van der Waals surface area contributed by atoms with Crippen molar-refractivity contribution in [3.63, 3.8) is 0 Å². The molecule has 0 spiro atoms. The Hall–Kier alpha value is -2.70. The molecule has 5 nitrogen and oxygen atoms in total. The van der Waals surface area contributed by atoms with Crippen LogP contribution in [0.5, 0.6) is 0 Å². The van der Waals surface area contributed by atoms with Gasteiger partial charge < -0.3 is 14.0 Å². The molecule has 182 valence electrons. The van der Waals surface area contributed by atoms with Crippen molar-refractivity contribution >= 4 is 19.4 Å². The summed E-state index contributed by atoms with van der Waals surface area (Å²) in [5.74, 6) is 0.373. The van der Waals surface area contributed by atoms with Crippen molar-refractivity contribution in [2.24, 2.45) is 0 Å². The number of benzene rings is 2. The van der Waals surface area contributed by atoms with Gasteiger partial charge in [0.05, 0.1) is 25.1 Å². The van der Waals surface area contributed by atoms with E-state index in [1.165, 1.54) is 12.1 Å². The van der Waals surface area contributed by atoms with Crippen molar-refractivity contribution in [2.45, 2.75) is 18.7 Å². The number of halogens is 1. The normalized spacial score (nSPS) is 11.6. The van der Waals surface area contributed by atoms with E-state index in [0.29, 0.717) is 25.1 Å². The maximum absolute atomic E-state index is 13.5. The lowest BCUT2D eigenvalue weighted by molar-refractivity contribution is 0.221. The predicted molar refractivity (Wildman–Crippen MR) is 141 cm³/mol. The summed E-state index contributed by atoms with van der Waals surface area (Å²) < 4.78 is 36.9. The second-order valence-corrected chi connectivity index (χ2v) is 11.1. The predicted octanol–water partition coefficient (Wildman–Crippen LogP) is 7.91. The van der Waals surface area contributed by atoms with Crippen LogP contribution in [0.25, 0.3) is 33.6 Å². The Morgan fingerprint density at radius 2 is 1.51 bits per heavy atom. The zero-order chi connectivity index (χ0) is 24.7. The van der Waals surface area contributed by atoms with E-state index in [1.54, 1.807) is 36.3 Å². The van der Waals surface area contributed by atoms with Gasteiger partial charge in [-0.15, -0.1) is 11.8 Å². The van der Waals surface area contributed by atoms with Crippen LogP contribution in [-0.4, -0.2) is 35.1 Å². The van der Waals surface area contributed by atoms with Crippen molar-refractivity contribution in [3.05, 3.63) is 84.9 Å². The summed E-state index contributed by atoms with van der Waals surface area (Å²) in [7, 11) is -3.03. The van der Waals surface area contributed by atoms with E-state index in [0.717, 1.165) is 38.5 Å². The molecule has 0 radical (unpaired) electrons. The molecule has 1 N–H and O–H groups in total. The highest BCUT2D eigenvalue weighted by Crippen LogP contribution is 2.48. The minimum absolute atomic E-state index is 0.266. The quantitative estimate of drug-likeness (QED) is 0.164. The van der Waals surface area contributed by atoms with Gasteiger partial charge in [0.15, 0.2) is 0 Å². The molecule has 0 aliphatic heterocycles. The molecule has 0 unspecified atom stereocenters. The second-order valence-electron chi connectivity index (χ2n) is 7.76. The number of hydrogen-bond donors (Lipinski definition) is 1. The lowest BCUT2D eigenvalue weighted by Crippen LogP contribution is -2.02. The highest BCUT2D eigenvalue weighted by molar-refractivity contribution is 7.99. The molecule has 4 aromatic rings. The van der Waals surface area contributed by atoms with Crippen LogP contribution in [0.3, 0.4) is 0 Å². The molecule has 0 saturated carbocycles. The van der Waals surface area contributed by atoms with Crippen molar-refractivity contribution in [1.29, 1.82) is 0 Å². The second kappa shape index (κ2) is 11.8. The van der Waals surface area contributed by atoms with Gasteiger partial charge in [-0.25, -0.2) is 4.39 Å². The monoisotopic (exact) mass is 510 g/mol. The van der Waals surface area contributed by atoms with Crippen LogP contribution in [0.1, 0.15) is 13.8 Å². The van der Waals surface area contributed by atoms with Crippen molar-refractivity contribution in [1.82, 2.24) is 9.97 Å². The third kappa shape index (κ3) is 6.50. The molecule has 0 fully saturated rings. The first kappa shape index (κ1) is 25.4. The Bertz CT molecular complexity index is 1270. The molecule has 0 bridgehead atoms. The lowest BCUT2D eigenvalue weighted by Gasteiger charge is -2.16. The van der Waals surface area contributed by atoms with Gasteiger partial charge in [0.25, 0.3) is 0 Å². The van der Waals surface area contributed by atoms with E-state index < -0.39 is 7.60 Å². The standard InChI is InChI=1S/C27H28FN2O3PS/c1-3-32-34(31,33-4-2)17-18-35-24-11-7-21(8-12-24)26-19-25(20-13-15-29-16-14-20)27(30-26)22-5-9-23(28)10-6-22/h5-16,19,30H,3-4,17-18H2,1-2H3. The Balaban J connectivity index is 1.54. The molecule has 4 rings (SSSR count). The number of H-pyrrole nitrogens is 1. The third-order valence-corrected chi connectivity index (χ3v) is 8.78. The maximum atomic E-state index is 13.5. The van der Waals surface area contributed by atoms with E-state index in [-0.39, 0.29) is 5.82 Å². The molecule has 8 heteroatoms. The maximum Gasteiger partial charge on any atom is 0.331 e. The number of nitrogens with zero attached hydrogens (tertiary/aromatic N) is 1. The van der Waals surface area contributed by atoms with E-state index in [1.807, 2.05) is 26.0 Å². The highest BCUT2D eigenvalue weighted by Gasteiger charge is 2.22. The van der Waals surface area contributed by atoms with Gasteiger partial charge in [-0.3, -0.25) is 9.55 Å². The van der Waals surface area contributed by atoms with Crippen molar-refractivity contribution < 1.29 is 18.0 Å². The first-order valence-corrected chi connectivity index (χ1v) is 14.2. The average Bonchev–Trinajstić information content (AvgIpc) is 3.31. The minimum Gasteiger partial charge on any atom is -0.354 e. The van der Waals surface area contributed by atoms with Crippen LogP contribution in [0, 0.1) is 5.82 Å². The Morgan fingerprint density at radius 1 is 0.886 bits per heavy atom. The summed E-state index contributed by atoms with van der Waals surface area (Å²) >= 11 is 1.62. The molecule has 35 heavy (non-hydrogen) atoms. The van der Waals surface area contributed by atoms with Crippen LogP contribution < -0.4 is 0 Å². The topological polar surface area (TPSA) is 64.2 Å². The minimum atomic E-state index is -3.03. The van der Waals surface area contributed by atoms with Crippen molar-refractivity contribution in [3.8, 4) is 33.6 Å². The van der Waals surface area contributed by atoms with Crippen molar-refractivity contribution in [2.75, 3.05) is 25.1 Å². The van der Waals surface area contributed by atoms with E-state index in [9.17, 15) is 8.96 Å². The summed E-state index contributed by atoms with van der Waals surface area (Å²) in [5.41, 5.74) is 5.88. The molecule has 0 atom stereocenters. The van der Waals surface area contributed by atoms with Gasteiger partial charge in [-0.05, 0) is 85.1 Å². The Kier molecular flexibility index (Phi) is 8.58. The van der Waals surface area contributed by atoms with Crippen LogP contribution >= 0.6 is 19.4 Å². The Labute approximate surface area is 209 Å². The Morgan fingerprint density at radius 3 is 2.14 bits per heavy atom. The smallest absolute Gasteiger partial charge is 0.331 e. The number of aromatic nitrogens is 2. The number of nitrogens with one attached hydrogen (secondary N) is 1. The van der Waals surface area contributed by atoms with Crippen LogP contribution in [-0.2, 0) is 13.6 Å². The SMILES string of the molecule is CCOP(=O)(CCSc1ccc(-c2cc(-c3ccncc3)c(-c3ccc(F)cc3)[nH]2)cc1)OCC. The molecule has 0 aliphatic carbocycles. The number of thioether (sulfide) groups is 1. The van der Waals surface area contributed by atoms with Gasteiger partial charge in [-0.1, -0.05) is 12.1 Å². The first-order valence-electron chi connectivity index (χ1n) is 11.5. The molecule has 0 aliphatic rings. The fourth-order valence-electron chi connectivity index (χ4n) is 3.78. The van der Waals surface area contributed by atoms with Gasteiger partial charge in [0.1, 0.15) is 5.82 Å². The lowest BCUT2D eigenvalue weighted by atomic mass is 10.0. The van der Waals surface area contributed by atoms with Gasteiger partial charge in [0.2, 0.25) is 0 Å². The molecular weight excluding hydrogens is 482 g/mol. The molecule has 0 amide bonds.